The molecular formula is C65H108O6. The molecule has 0 aromatic carbocycles. The van der Waals surface area contributed by atoms with Gasteiger partial charge in [0.15, 0.2) is 6.10 Å². The minimum absolute atomic E-state index is 0.103. The molecule has 404 valence electrons. The number of esters is 3. The van der Waals surface area contributed by atoms with Crippen molar-refractivity contribution < 1.29 is 28.6 Å². The molecule has 0 saturated heterocycles. The highest BCUT2D eigenvalue weighted by atomic mass is 16.6. The average Bonchev–Trinajstić information content (AvgIpc) is 3.37. The van der Waals surface area contributed by atoms with E-state index in [2.05, 4.69) is 130 Å². The summed E-state index contributed by atoms with van der Waals surface area (Å²) in [4.78, 5) is 38.1. The van der Waals surface area contributed by atoms with Crippen LogP contribution in [0.5, 0.6) is 0 Å². The fraction of sp³-hybridized carbons (Fsp3) is 0.677. The Morgan fingerprint density at radius 2 is 0.577 bits per heavy atom. The van der Waals surface area contributed by atoms with Gasteiger partial charge in [-0.15, -0.1) is 0 Å². The first-order valence-corrected chi connectivity index (χ1v) is 29.4. The van der Waals surface area contributed by atoms with Crippen molar-refractivity contribution in [2.24, 2.45) is 0 Å². The molecule has 0 radical (unpaired) electrons. The molecule has 1 unspecified atom stereocenters. The van der Waals surface area contributed by atoms with Gasteiger partial charge in [0.2, 0.25) is 0 Å². The number of carbonyl (C=O) groups is 3. The fourth-order valence-electron chi connectivity index (χ4n) is 7.83. The van der Waals surface area contributed by atoms with Crippen molar-refractivity contribution in [3.05, 3.63) is 109 Å². The van der Waals surface area contributed by atoms with E-state index in [1.54, 1.807) is 0 Å². The van der Waals surface area contributed by atoms with E-state index in [0.29, 0.717) is 19.3 Å². The minimum atomic E-state index is -0.809. The van der Waals surface area contributed by atoms with E-state index < -0.39 is 6.10 Å². The molecule has 0 spiro atoms. The highest BCUT2D eigenvalue weighted by Gasteiger charge is 2.19. The molecule has 0 bridgehead atoms. The van der Waals surface area contributed by atoms with Crippen molar-refractivity contribution in [3.63, 3.8) is 0 Å². The molecule has 0 saturated carbocycles. The van der Waals surface area contributed by atoms with Crippen LogP contribution in [0.1, 0.15) is 265 Å². The Kier molecular flexibility index (Phi) is 55.4. The van der Waals surface area contributed by atoms with Crippen LogP contribution in [0.2, 0.25) is 0 Å². The Labute approximate surface area is 438 Å². The molecule has 6 heteroatoms. The van der Waals surface area contributed by atoms with Gasteiger partial charge in [-0.2, -0.15) is 0 Å². The first kappa shape index (κ1) is 67.1. The maximum Gasteiger partial charge on any atom is 0.306 e. The van der Waals surface area contributed by atoms with Crippen LogP contribution in [0, 0.1) is 0 Å². The molecule has 0 fully saturated rings. The molecule has 0 aromatic rings. The Bertz CT molecular complexity index is 1460. The quantitative estimate of drug-likeness (QED) is 0.0261. The number of carbonyl (C=O) groups excluding carboxylic acids is 3. The Balaban J connectivity index is 4.37. The van der Waals surface area contributed by atoms with Crippen LogP contribution in [-0.2, 0) is 28.6 Å². The SMILES string of the molecule is CC/C=C\C/C=C\C/C=C\C/C=C\CCCCC(=O)OC(COC(=O)CCCCCCC/C=C\C/C=C\CCC)COC(=O)CCCCCCCCCCCC/C=C\C/C=C\C/C=C\CCCCCCC. The van der Waals surface area contributed by atoms with E-state index in [9.17, 15) is 14.4 Å². The second kappa shape index (κ2) is 58.6. The summed E-state index contributed by atoms with van der Waals surface area (Å²) in [5.74, 6) is -0.963. The third-order valence-electron chi connectivity index (χ3n) is 12.2. The van der Waals surface area contributed by atoms with Crippen molar-refractivity contribution in [2.45, 2.75) is 271 Å². The molecule has 1 atom stereocenters. The number of rotatable bonds is 52. The molecular weight excluding hydrogens is 877 g/mol. The van der Waals surface area contributed by atoms with Gasteiger partial charge in [0, 0.05) is 19.3 Å². The van der Waals surface area contributed by atoms with Crippen LogP contribution in [0.25, 0.3) is 0 Å². The lowest BCUT2D eigenvalue weighted by Crippen LogP contribution is -2.30. The summed E-state index contributed by atoms with van der Waals surface area (Å²) < 4.78 is 16.8. The molecule has 0 N–H and O–H groups in total. The Morgan fingerprint density at radius 1 is 0.296 bits per heavy atom. The monoisotopic (exact) mass is 985 g/mol. The number of ether oxygens (including phenoxy) is 3. The third-order valence-corrected chi connectivity index (χ3v) is 12.2. The predicted molar refractivity (Wildman–Crippen MR) is 307 cm³/mol. The average molecular weight is 986 g/mol. The Morgan fingerprint density at radius 3 is 0.944 bits per heavy atom. The molecule has 71 heavy (non-hydrogen) atoms. The summed E-state index contributed by atoms with van der Waals surface area (Å²) in [5, 5.41) is 0. The van der Waals surface area contributed by atoms with Crippen molar-refractivity contribution in [3.8, 4) is 0 Å². The zero-order chi connectivity index (χ0) is 51.4. The van der Waals surface area contributed by atoms with E-state index in [1.165, 1.54) is 96.3 Å². The predicted octanol–water partition coefficient (Wildman–Crippen LogP) is 19.9. The molecule has 0 rings (SSSR count). The van der Waals surface area contributed by atoms with E-state index in [0.717, 1.165) is 122 Å². The van der Waals surface area contributed by atoms with Crippen LogP contribution < -0.4 is 0 Å². The van der Waals surface area contributed by atoms with Crippen LogP contribution in [0.15, 0.2) is 109 Å². The highest BCUT2D eigenvalue weighted by Crippen LogP contribution is 2.14. The highest BCUT2D eigenvalue weighted by molar-refractivity contribution is 5.71. The molecule has 0 heterocycles. The molecule has 0 aliphatic rings. The van der Waals surface area contributed by atoms with Crippen LogP contribution in [0.4, 0.5) is 0 Å². The summed E-state index contributed by atoms with van der Waals surface area (Å²) in [6.45, 7) is 6.40. The van der Waals surface area contributed by atoms with Crippen molar-refractivity contribution in [1.82, 2.24) is 0 Å². The third kappa shape index (κ3) is 56.9. The van der Waals surface area contributed by atoms with Gasteiger partial charge < -0.3 is 14.2 Å². The van der Waals surface area contributed by atoms with E-state index in [1.807, 2.05) is 0 Å². The van der Waals surface area contributed by atoms with Gasteiger partial charge in [-0.05, 0) is 122 Å². The van der Waals surface area contributed by atoms with Gasteiger partial charge in [0.05, 0.1) is 0 Å². The molecule has 0 aliphatic heterocycles. The maximum absolute atomic E-state index is 12.8. The normalized spacial score (nSPS) is 12.9. The first-order valence-electron chi connectivity index (χ1n) is 29.4. The standard InChI is InChI=1S/C65H108O6/c1-4-7-10-13-16-19-22-25-27-28-29-30-31-32-33-34-35-36-38-40-43-46-49-52-55-58-64(67)70-61-62(60-69-63(66)57-54-51-48-45-42-39-24-21-18-15-12-9-6-3)71-65(68)59-56-53-50-47-44-41-37-26-23-20-17-14-11-8-5-2/h8,11-12,15,17,20-22,24-26,28-29,31-32,37,44,47,62H,4-7,9-10,13-14,16,18-19,23,27,30,33-36,38-43,45-46,48-61H2,1-3H3/b11-8-,15-12-,20-17-,24-21-,25-22-,29-28-,32-31-,37-26-,47-44-. The van der Waals surface area contributed by atoms with E-state index in [4.69, 9.17) is 14.2 Å². The zero-order valence-electron chi connectivity index (χ0n) is 46.2. The summed E-state index contributed by atoms with van der Waals surface area (Å²) in [5.41, 5.74) is 0. The topological polar surface area (TPSA) is 78.9 Å². The smallest absolute Gasteiger partial charge is 0.306 e. The van der Waals surface area contributed by atoms with E-state index >= 15 is 0 Å². The summed E-state index contributed by atoms with van der Waals surface area (Å²) in [6, 6.07) is 0. The van der Waals surface area contributed by atoms with Crippen LogP contribution in [-0.4, -0.2) is 37.2 Å². The number of hydrogen-bond donors (Lipinski definition) is 0. The second-order valence-corrected chi connectivity index (χ2v) is 19.2. The fourth-order valence-corrected chi connectivity index (χ4v) is 7.83. The molecule has 6 nitrogen and oxygen atoms in total. The summed E-state index contributed by atoms with van der Waals surface area (Å²) in [6.07, 6.45) is 79.5. The first-order chi connectivity index (χ1) is 35.0. The number of hydrogen-bond acceptors (Lipinski definition) is 6. The lowest BCUT2D eigenvalue weighted by Gasteiger charge is -2.18. The van der Waals surface area contributed by atoms with E-state index in [-0.39, 0.29) is 37.5 Å². The summed E-state index contributed by atoms with van der Waals surface area (Å²) in [7, 11) is 0. The Hall–Kier alpha value is -3.93. The minimum Gasteiger partial charge on any atom is -0.462 e. The largest absolute Gasteiger partial charge is 0.462 e. The number of unbranched alkanes of at least 4 members (excludes halogenated alkanes) is 23. The second-order valence-electron chi connectivity index (χ2n) is 19.2. The van der Waals surface area contributed by atoms with Crippen LogP contribution in [0.3, 0.4) is 0 Å². The molecule has 0 aromatic heterocycles. The summed E-state index contributed by atoms with van der Waals surface area (Å²) >= 11 is 0. The van der Waals surface area contributed by atoms with Crippen LogP contribution >= 0.6 is 0 Å². The van der Waals surface area contributed by atoms with Gasteiger partial charge in [0.25, 0.3) is 0 Å². The lowest BCUT2D eigenvalue weighted by molar-refractivity contribution is -0.167. The van der Waals surface area contributed by atoms with Crippen molar-refractivity contribution >= 4 is 17.9 Å². The van der Waals surface area contributed by atoms with Gasteiger partial charge in [-0.3, -0.25) is 14.4 Å². The lowest BCUT2D eigenvalue weighted by atomic mass is 10.1. The molecule has 0 amide bonds. The van der Waals surface area contributed by atoms with Gasteiger partial charge >= 0.3 is 17.9 Å². The maximum atomic E-state index is 12.8. The van der Waals surface area contributed by atoms with Gasteiger partial charge in [-0.25, -0.2) is 0 Å². The number of allylic oxidation sites excluding steroid dienone is 18. The van der Waals surface area contributed by atoms with Crippen molar-refractivity contribution in [1.29, 1.82) is 0 Å². The zero-order valence-corrected chi connectivity index (χ0v) is 46.2. The van der Waals surface area contributed by atoms with Gasteiger partial charge in [-0.1, -0.05) is 233 Å². The molecule has 0 aliphatic carbocycles. The van der Waals surface area contributed by atoms with Gasteiger partial charge in [0.1, 0.15) is 13.2 Å². The van der Waals surface area contributed by atoms with Crippen molar-refractivity contribution in [2.75, 3.05) is 13.2 Å².